The second kappa shape index (κ2) is 4.94. The molecule has 0 radical (unpaired) electrons. The summed E-state index contributed by atoms with van der Waals surface area (Å²) in [5, 5.41) is 11.1. The minimum Gasteiger partial charge on any atom is -0.343 e. The van der Waals surface area contributed by atoms with Crippen LogP contribution in [0.15, 0.2) is 30.3 Å². The lowest BCUT2D eigenvalue weighted by molar-refractivity contribution is -0.109. The first kappa shape index (κ1) is 9.27. The molecule has 1 rings (SSSR count). The van der Waals surface area contributed by atoms with Gasteiger partial charge >= 0.3 is 0 Å². The summed E-state index contributed by atoms with van der Waals surface area (Å²) in [5.74, 6) is 0. The summed E-state index contributed by atoms with van der Waals surface area (Å²) in [6, 6.07) is 11.2. The number of nitrogens with one attached hydrogen (secondary N) is 1. The Labute approximate surface area is 77.0 Å². The molecule has 1 aromatic carbocycles. The Bertz CT molecular complexity index is 302. The van der Waals surface area contributed by atoms with E-state index in [1.807, 2.05) is 36.4 Å². The highest BCUT2D eigenvalue weighted by Gasteiger charge is 2.05. The van der Waals surface area contributed by atoms with Gasteiger partial charge in [-0.1, -0.05) is 30.3 Å². The molecular weight excluding hydrogens is 164 g/mol. The molecule has 1 atom stereocenters. The van der Waals surface area contributed by atoms with Crippen LogP contribution in [0, 0.1) is 11.3 Å². The number of nitrogens with zero attached hydrogens (tertiary/aromatic N) is 1. The zero-order valence-corrected chi connectivity index (χ0v) is 7.10. The Balaban J connectivity index is 2.58. The molecule has 0 saturated carbocycles. The van der Waals surface area contributed by atoms with Gasteiger partial charge < -0.3 is 5.32 Å². The zero-order chi connectivity index (χ0) is 9.52. The Morgan fingerprint density at radius 2 is 2.15 bits per heavy atom. The smallest absolute Gasteiger partial charge is 0.208 e. The average molecular weight is 174 g/mol. The van der Waals surface area contributed by atoms with Gasteiger partial charge in [-0.25, -0.2) is 0 Å². The van der Waals surface area contributed by atoms with E-state index in [2.05, 4.69) is 5.32 Å². The first-order valence-electron chi connectivity index (χ1n) is 4.00. The van der Waals surface area contributed by atoms with E-state index in [0.29, 0.717) is 12.8 Å². The van der Waals surface area contributed by atoms with E-state index in [0.717, 1.165) is 5.56 Å². The van der Waals surface area contributed by atoms with Gasteiger partial charge in [0.15, 0.2) is 0 Å². The Hall–Kier alpha value is -1.82. The molecule has 0 aliphatic rings. The molecular formula is C10H10N2O. The molecule has 0 unspecified atom stereocenters. The number of hydrogen-bond donors (Lipinski definition) is 1. The summed E-state index contributed by atoms with van der Waals surface area (Å²) < 4.78 is 0. The number of nitriles is 1. The number of amides is 1. The van der Waals surface area contributed by atoms with Crippen LogP contribution in [-0.2, 0) is 11.2 Å². The standard InChI is InChI=1S/C10H10N2O/c11-7-10(12-8-13)6-9-4-2-1-3-5-9/h1-5,8,10H,6H2,(H,12,13)/t10-/m0/s1. The van der Waals surface area contributed by atoms with Gasteiger partial charge in [0.2, 0.25) is 6.41 Å². The van der Waals surface area contributed by atoms with Crippen LogP contribution < -0.4 is 5.32 Å². The monoisotopic (exact) mass is 174 g/mol. The van der Waals surface area contributed by atoms with Gasteiger partial charge in [0.25, 0.3) is 0 Å². The highest BCUT2D eigenvalue weighted by Crippen LogP contribution is 2.01. The van der Waals surface area contributed by atoms with E-state index in [1.54, 1.807) is 0 Å². The maximum Gasteiger partial charge on any atom is 0.208 e. The quantitative estimate of drug-likeness (QED) is 0.688. The van der Waals surface area contributed by atoms with Crippen LogP contribution in [0.4, 0.5) is 0 Å². The minimum atomic E-state index is -0.431. The van der Waals surface area contributed by atoms with Crippen LogP contribution in [-0.4, -0.2) is 12.5 Å². The van der Waals surface area contributed by atoms with E-state index >= 15 is 0 Å². The van der Waals surface area contributed by atoms with Crippen molar-refractivity contribution in [2.75, 3.05) is 0 Å². The van der Waals surface area contributed by atoms with Gasteiger partial charge in [0, 0.05) is 6.42 Å². The molecule has 1 N–H and O–H groups in total. The maximum atomic E-state index is 10.1. The summed E-state index contributed by atoms with van der Waals surface area (Å²) in [7, 11) is 0. The third-order valence-corrected chi connectivity index (χ3v) is 1.71. The van der Waals surface area contributed by atoms with Gasteiger partial charge in [0.1, 0.15) is 6.04 Å². The molecule has 3 heteroatoms. The number of benzene rings is 1. The molecule has 3 nitrogen and oxygen atoms in total. The second-order valence-electron chi connectivity index (χ2n) is 2.66. The molecule has 0 fully saturated rings. The number of hydrogen-bond acceptors (Lipinski definition) is 2. The van der Waals surface area contributed by atoms with Crippen LogP contribution in [0.1, 0.15) is 5.56 Å². The van der Waals surface area contributed by atoms with Crippen molar-refractivity contribution in [1.82, 2.24) is 5.32 Å². The van der Waals surface area contributed by atoms with Gasteiger partial charge in [-0.2, -0.15) is 5.26 Å². The fourth-order valence-electron chi connectivity index (χ4n) is 1.07. The Morgan fingerprint density at radius 1 is 1.46 bits per heavy atom. The third kappa shape index (κ3) is 2.96. The summed E-state index contributed by atoms with van der Waals surface area (Å²) in [4.78, 5) is 10.1. The van der Waals surface area contributed by atoms with Crippen LogP contribution in [0.5, 0.6) is 0 Å². The van der Waals surface area contributed by atoms with Gasteiger partial charge in [-0.05, 0) is 5.56 Å². The lowest BCUT2D eigenvalue weighted by Crippen LogP contribution is -2.28. The highest BCUT2D eigenvalue weighted by molar-refractivity contribution is 5.47. The van der Waals surface area contributed by atoms with Crippen molar-refractivity contribution >= 4 is 6.41 Å². The van der Waals surface area contributed by atoms with E-state index in [4.69, 9.17) is 5.26 Å². The second-order valence-corrected chi connectivity index (χ2v) is 2.66. The normalized spacial score (nSPS) is 11.3. The predicted molar refractivity (Wildman–Crippen MR) is 48.7 cm³/mol. The topological polar surface area (TPSA) is 52.9 Å². The van der Waals surface area contributed by atoms with E-state index in [-0.39, 0.29) is 0 Å². The average Bonchev–Trinajstić information content (AvgIpc) is 2.19. The fourth-order valence-corrected chi connectivity index (χ4v) is 1.07. The predicted octanol–water partition coefficient (Wildman–Crippen LogP) is 0.867. The Morgan fingerprint density at radius 3 is 2.69 bits per heavy atom. The van der Waals surface area contributed by atoms with Crippen molar-refractivity contribution in [2.24, 2.45) is 0 Å². The third-order valence-electron chi connectivity index (χ3n) is 1.71. The molecule has 0 bridgehead atoms. The molecule has 0 spiro atoms. The minimum absolute atomic E-state index is 0.431. The molecule has 0 aromatic heterocycles. The molecule has 1 amide bonds. The largest absolute Gasteiger partial charge is 0.343 e. The van der Waals surface area contributed by atoms with Crippen molar-refractivity contribution in [2.45, 2.75) is 12.5 Å². The first-order chi connectivity index (χ1) is 6.36. The summed E-state index contributed by atoms with van der Waals surface area (Å²) in [6.07, 6.45) is 1.10. The molecule has 0 aliphatic heterocycles. The van der Waals surface area contributed by atoms with Crippen LogP contribution in [0.3, 0.4) is 0 Å². The van der Waals surface area contributed by atoms with E-state index in [9.17, 15) is 4.79 Å². The SMILES string of the molecule is N#C[C@H](Cc1ccccc1)NC=O. The van der Waals surface area contributed by atoms with Crippen molar-refractivity contribution in [1.29, 1.82) is 5.26 Å². The van der Waals surface area contributed by atoms with Gasteiger partial charge in [0.05, 0.1) is 6.07 Å². The van der Waals surface area contributed by atoms with Crippen LogP contribution >= 0.6 is 0 Å². The van der Waals surface area contributed by atoms with Crippen LogP contribution in [0.25, 0.3) is 0 Å². The lowest BCUT2D eigenvalue weighted by Gasteiger charge is -2.06. The molecule has 0 aliphatic carbocycles. The van der Waals surface area contributed by atoms with E-state index in [1.165, 1.54) is 0 Å². The number of rotatable bonds is 4. The fraction of sp³-hybridized carbons (Fsp3) is 0.200. The molecule has 13 heavy (non-hydrogen) atoms. The molecule has 0 heterocycles. The first-order valence-corrected chi connectivity index (χ1v) is 4.00. The summed E-state index contributed by atoms with van der Waals surface area (Å²) in [6.45, 7) is 0. The zero-order valence-electron chi connectivity index (χ0n) is 7.10. The molecule has 66 valence electrons. The summed E-state index contributed by atoms with van der Waals surface area (Å²) >= 11 is 0. The summed E-state index contributed by atoms with van der Waals surface area (Å²) in [5.41, 5.74) is 1.04. The van der Waals surface area contributed by atoms with Gasteiger partial charge in [-0.3, -0.25) is 4.79 Å². The molecule has 0 saturated heterocycles. The maximum absolute atomic E-state index is 10.1. The van der Waals surface area contributed by atoms with Crippen molar-refractivity contribution in [3.05, 3.63) is 35.9 Å². The molecule has 1 aromatic rings. The van der Waals surface area contributed by atoms with Crippen molar-refractivity contribution < 1.29 is 4.79 Å². The van der Waals surface area contributed by atoms with Crippen molar-refractivity contribution in [3.8, 4) is 6.07 Å². The lowest BCUT2D eigenvalue weighted by atomic mass is 10.1. The Kier molecular flexibility index (Phi) is 3.52. The van der Waals surface area contributed by atoms with Crippen LogP contribution in [0.2, 0.25) is 0 Å². The van der Waals surface area contributed by atoms with Gasteiger partial charge in [-0.15, -0.1) is 0 Å². The highest BCUT2D eigenvalue weighted by atomic mass is 16.1. The number of carbonyl (C=O) groups is 1. The van der Waals surface area contributed by atoms with Crippen molar-refractivity contribution in [3.63, 3.8) is 0 Å². The van der Waals surface area contributed by atoms with E-state index < -0.39 is 6.04 Å². The number of carbonyl (C=O) groups excluding carboxylic acids is 1.